The topological polar surface area (TPSA) is 58.2 Å². The maximum atomic E-state index is 13.3. The van der Waals surface area contributed by atoms with Crippen LogP contribution in [0.2, 0.25) is 0 Å². The number of rotatable bonds is 7. The number of benzene rings is 4. The van der Waals surface area contributed by atoms with E-state index in [4.69, 9.17) is 0 Å². The first kappa shape index (κ1) is 24.0. The van der Waals surface area contributed by atoms with E-state index < -0.39 is 5.25 Å². The molecule has 6 heteroatoms. The number of hydrogen-bond acceptors (Lipinski definition) is 3. The van der Waals surface area contributed by atoms with Crippen molar-refractivity contribution >= 4 is 57.5 Å². The van der Waals surface area contributed by atoms with Crippen LogP contribution < -0.4 is 10.6 Å². The lowest BCUT2D eigenvalue weighted by Crippen LogP contribution is -2.19. The summed E-state index contributed by atoms with van der Waals surface area (Å²) in [5, 5.41) is 5.52. The molecule has 0 aliphatic heterocycles. The van der Waals surface area contributed by atoms with Crippen molar-refractivity contribution in [2.24, 2.45) is 0 Å². The molecule has 0 saturated carbocycles. The van der Waals surface area contributed by atoms with Crippen LogP contribution in [0, 0.1) is 10.5 Å². The van der Waals surface area contributed by atoms with Gasteiger partial charge in [0.05, 0.1) is 0 Å². The first-order valence-electron chi connectivity index (χ1n) is 10.7. The Hall–Kier alpha value is -3.10. The third-order valence-electron chi connectivity index (χ3n) is 5.11. The summed E-state index contributed by atoms with van der Waals surface area (Å²) in [6.07, 6.45) is 0. The number of hydrogen-bond donors (Lipinski definition) is 2. The average Bonchev–Trinajstić information content (AvgIpc) is 2.85. The predicted molar refractivity (Wildman–Crippen MR) is 148 cm³/mol. The molecule has 0 spiro atoms. The number of halogens is 1. The van der Waals surface area contributed by atoms with Gasteiger partial charge in [-0.05, 0) is 89.7 Å². The van der Waals surface area contributed by atoms with Crippen molar-refractivity contribution in [2.75, 3.05) is 10.6 Å². The van der Waals surface area contributed by atoms with Gasteiger partial charge in [0.2, 0.25) is 5.91 Å². The van der Waals surface area contributed by atoms with E-state index in [1.165, 1.54) is 11.8 Å². The number of thioether (sulfide) groups is 1. The van der Waals surface area contributed by atoms with Gasteiger partial charge in [-0.15, -0.1) is 11.8 Å². The second kappa shape index (κ2) is 11.4. The standard InChI is InChI=1S/C28H23IN2O2S/c1-19-10-12-21(13-11-19)27(32)31-24-8-5-9-25(18-24)34-26(20-6-3-2-4-7-20)28(33)30-23-16-14-22(29)15-17-23/h2-18,26H,1H3,(H,30,33)(H,31,32). The van der Waals surface area contributed by atoms with Gasteiger partial charge in [-0.3, -0.25) is 9.59 Å². The van der Waals surface area contributed by atoms with Crippen LogP contribution in [0.3, 0.4) is 0 Å². The molecule has 0 bridgehead atoms. The highest BCUT2D eigenvalue weighted by molar-refractivity contribution is 14.1. The third kappa shape index (κ3) is 6.48. The van der Waals surface area contributed by atoms with Crippen molar-refractivity contribution in [1.82, 2.24) is 0 Å². The fourth-order valence-electron chi connectivity index (χ4n) is 3.33. The van der Waals surface area contributed by atoms with Crippen LogP contribution in [-0.4, -0.2) is 11.8 Å². The van der Waals surface area contributed by atoms with Gasteiger partial charge >= 0.3 is 0 Å². The number of amides is 2. The third-order valence-corrected chi connectivity index (χ3v) is 7.08. The molecule has 0 aliphatic rings. The number of nitrogens with one attached hydrogen (secondary N) is 2. The van der Waals surface area contributed by atoms with Crippen LogP contribution >= 0.6 is 34.4 Å². The molecule has 1 atom stereocenters. The quantitative estimate of drug-likeness (QED) is 0.179. The molecule has 4 aromatic carbocycles. The maximum Gasteiger partial charge on any atom is 0.255 e. The van der Waals surface area contributed by atoms with E-state index in [-0.39, 0.29) is 11.8 Å². The Morgan fingerprint density at radius 2 is 1.47 bits per heavy atom. The van der Waals surface area contributed by atoms with Gasteiger partial charge in [0.25, 0.3) is 5.91 Å². The predicted octanol–water partition coefficient (Wildman–Crippen LogP) is 7.32. The van der Waals surface area contributed by atoms with Crippen LogP contribution in [0.1, 0.15) is 26.7 Å². The van der Waals surface area contributed by atoms with Crippen molar-refractivity contribution in [2.45, 2.75) is 17.1 Å². The summed E-state index contributed by atoms with van der Waals surface area (Å²) in [4.78, 5) is 26.8. The van der Waals surface area contributed by atoms with Gasteiger partial charge in [-0.25, -0.2) is 0 Å². The lowest BCUT2D eigenvalue weighted by molar-refractivity contribution is -0.115. The Morgan fingerprint density at radius 1 is 0.765 bits per heavy atom. The lowest BCUT2D eigenvalue weighted by Gasteiger charge is -2.18. The van der Waals surface area contributed by atoms with Gasteiger partial charge in [0.1, 0.15) is 5.25 Å². The molecule has 4 aromatic rings. The van der Waals surface area contributed by atoms with E-state index >= 15 is 0 Å². The number of carbonyl (C=O) groups is 2. The highest BCUT2D eigenvalue weighted by Gasteiger charge is 2.22. The molecule has 2 N–H and O–H groups in total. The molecule has 34 heavy (non-hydrogen) atoms. The number of carbonyl (C=O) groups excluding carboxylic acids is 2. The van der Waals surface area contributed by atoms with Crippen molar-refractivity contribution < 1.29 is 9.59 Å². The summed E-state index contributed by atoms with van der Waals surface area (Å²) in [6, 6.07) is 32.4. The summed E-state index contributed by atoms with van der Waals surface area (Å²) in [5.74, 6) is -0.273. The summed E-state index contributed by atoms with van der Waals surface area (Å²) < 4.78 is 1.11. The minimum absolute atomic E-state index is 0.105. The zero-order chi connectivity index (χ0) is 23.9. The lowest BCUT2D eigenvalue weighted by atomic mass is 10.1. The summed E-state index contributed by atoms with van der Waals surface area (Å²) in [5.41, 5.74) is 4.05. The van der Waals surface area contributed by atoms with Crippen molar-refractivity contribution in [3.8, 4) is 0 Å². The highest BCUT2D eigenvalue weighted by atomic mass is 127. The SMILES string of the molecule is Cc1ccc(C(=O)Nc2cccc(SC(C(=O)Nc3ccc(I)cc3)c3ccccc3)c2)cc1. The van der Waals surface area contributed by atoms with Gasteiger partial charge < -0.3 is 10.6 Å². The Labute approximate surface area is 217 Å². The van der Waals surface area contributed by atoms with Crippen molar-refractivity contribution in [3.05, 3.63) is 123 Å². The van der Waals surface area contributed by atoms with Crippen molar-refractivity contribution in [1.29, 1.82) is 0 Å². The van der Waals surface area contributed by atoms with E-state index in [0.29, 0.717) is 11.3 Å². The van der Waals surface area contributed by atoms with Crippen LogP contribution in [0.5, 0.6) is 0 Å². The molecule has 0 fully saturated rings. The summed E-state index contributed by atoms with van der Waals surface area (Å²) >= 11 is 3.68. The monoisotopic (exact) mass is 578 g/mol. The van der Waals surface area contributed by atoms with Crippen LogP contribution in [0.25, 0.3) is 0 Å². The molecule has 170 valence electrons. The Balaban J connectivity index is 1.53. The van der Waals surface area contributed by atoms with E-state index in [1.807, 2.05) is 110 Å². The summed E-state index contributed by atoms with van der Waals surface area (Å²) in [7, 11) is 0. The molecule has 0 aliphatic carbocycles. The van der Waals surface area contributed by atoms with Gasteiger partial charge in [-0.1, -0.05) is 54.1 Å². The number of anilines is 2. The van der Waals surface area contributed by atoms with Crippen LogP contribution in [0.15, 0.2) is 108 Å². The van der Waals surface area contributed by atoms with Gasteiger partial charge in [0, 0.05) is 25.4 Å². The average molecular weight is 578 g/mol. The van der Waals surface area contributed by atoms with E-state index in [9.17, 15) is 9.59 Å². The Kier molecular flexibility index (Phi) is 8.03. The second-order valence-electron chi connectivity index (χ2n) is 7.75. The summed E-state index contributed by atoms with van der Waals surface area (Å²) in [6.45, 7) is 1.99. The largest absolute Gasteiger partial charge is 0.325 e. The van der Waals surface area contributed by atoms with Crippen LogP contribution in [0.4, 0.5) is 11.4 Å². The fraction of sp³-hybridized carbons (Fsp3) is 0.0714. The molecule has 2 amide bonds. The van der Waals surface area contributed by atoms with E-state index in [1.54, 1.807) is 0 Å². The minimum Gasteiger partial charge on any atom is -0.325 e. The molecule has 0 aromatic heterocycles. The van der Waals surface area contributed by atoms with Crippen LogP contribution in [-0.2, 0) is 4.79 Å². The smallest absolute Gasteiger partial charge is 0.255 e. The molecule has 1 unspecified atom stereocenters. The van der Waals surface area contributed by atoms with E-state index in [2.05, 4.69) is 33.2 Å². The molecular formula is C28H23IN2O2S. The Morgan fingerprint density at radius 3 is 2.18 bits per heavy atom. The normalized spacial score (nSPS) is 11.5. The zero-order valence-corrected chi connectivity index (χ0v) is 21.5. The first-order chi connectivity index (χ1) is 16.5. The molecule has 0 heterocycles. The second-order valence-corrected chi connectivity index (χ2v) is 10.2. The van der Waals surface area contributed by atoms with Gasteiger partial charge in [-0.2, -0.15) is 0 Å². The van der Waals surface area contributed by atoms with E-state index in [0.717, 1.165) is 25.3 Å². The fourth-order valence-corrected chi connectivity index (χ4v) is 4.78. The minimum atomic E-state index is -0.455. The maximum absolute atomic E-state index is 13.3. The molecule has 0 radical (unpaired) electrons. The molecular weight excluding hydrogens is 555 g/mol. The highest BCUT2D eigenvalue weighted by Crippen LogP contribution is 2.37. The Bertz CT molecular complexity index is 1280. The molecule has 0 saturated heterocycles. The number of aryl methyl sites for hydroxylation is 1. The first-order valence-corrected chi connectivity index (χ1v) is 12.7. The zero-order valence-electron chi connectivity index (χ0n) is 18.5. The van der Waals surface area contributed by atoms with Crippen molar-refractivity contribution in [3.63, 3.8) is 0 Å². The molecule has 4 rings (SSSR count). The molecule has 4 nitrogen and oxygen atoms in total. The van der Waals surface area contributed by atoms with Gasteiger partial charge in [0.15, 0.2) is 0 Å².